The summed E-state index contributed by atoms with van der Waals surface area (Å²) in [5, 5.41) is 9.69. The Balaban J connectivity index is 1.79. The van der Waals surface area contributed by atoms with Crippen LogP contribution in [-0.2, 0) is 4.74 Å². The summed E-state index contributed by atoms with van der Waals surface area (Å²) in [6.45, 7) is 2.03. The summed E-state index contributed by atoms with van der Waals surface area (Å²) in [6.07, 6.45) is 4.77. The van der Waals surface area contributed by atoms with Crippen LogP contribution in [0.4, 0.5) is 0 Å². The number of aromatic nitrogens is 2. The molecule has 1 fully saturated rings. The van der Waals surface area contributed by atoms with E-state index in [1.165, 1.54) is 11.8 Å². The lowest BCUT2D eigenvalue weighted by Gasteiger charge is -2.15. The number of methoxy groups -OCH3 is 1. The monoisotopic (exact) mass is 395 g/mol. The van der Waals surface area contributed by atoms with E-state index < -0.39 is 0 Å². The Morgan fingerprint density at radius 1 is 1.39 bits per heavy atom. The van der Waals surface area contributed by atoms with Gasteiger partial charge in [0.2, 0.25) is 0 Å². The van der Waals surface area contributed by atoms with Crippen molar-refractivity contribution in [3.8, 4) is 29.0 Å². The van der Waals surface area contributed by atoms with E-state index in [1.54, 1.807) is 7.11 Å². The van der Waals surface area contributed by atoms with Gasteiger partial charge in [0.1, 0.15) is 23.0 Å². The molecule has 0 spiro atoms. The SMILES string of the molecule is COc1cccc2ncc(-c3cc(OCC4CCOC4)c(C#N)c(SC)c3)n12. The minimum atomic E-state index is 0.365. The smallest absolute Gasteiger partial charge is 0.199 e. The van der Waals surface area contributed by atoms with Crippen molar-refractivity contribution >= 4 is 17.4 Å². The molecule has 7 heteroatoms. The van der Waals surface area contributed by atoms with Crippen molar-refractivity contribution in [3.05, 3.63) is 42.1 Å². The highest BCUT2D eigenvalue weighted by Crippen LogP contribution is 2.36. The molecule has 1 aliphatic rings. The number of nitrogens with zero attached hydrogens (tertiary/aromatic N) is 3. The van der Waals surface area contributed by atoms with Gasteiger partial charge in [-0.1, -0.05) is 6.07 Å². The van der Waals surface area contributed by atoms with Crippen molar-refractivity contribution in [1.29, 1.82) is 5.26 Å². The fraction of sp³-hybridized carbons (Fsp3) is 0.333. The Morgan fingerprint density at radius 3 is 3.00 bits per heavy atom. The Bertz CT molecular complexity index is 1040. The third kappa shape index (κ3) is 3.41. The van der Waals surface area contributed by atoms with E-state index in [0.717, 1.165) is 34.8 Å². The number of nitriles is 1. The first-order chi connectivity index (χ1) is 13.7. The van der Waals surface area contributed by atoms with Gasteiger partial charge in [-0.05, 0) is 36.9 Å². The van der Waals surface area contributed by atoms with Crippen LogP contribution in [0.15, 0.2) is 41.4 Å². The standard InChI is InChI=1S/C21H21N3O3S/c1-25-21-5-3-4-20-23-11-17(24(20)21)15-8-18(16(10-22)19(9-15)28-2)27-13-14-6-7-26-12-14/h3-5,8-9,11,14H,6-7,12-13H2,1-2H3. The second-order valence-corrected chi connectivity index (χ2v) is 7.46. The van der Waals surface area contributed by atoms with Gasteiger partial charge in [0, 0.05) is 23.0 Å². The minimum absolute atomic E-state index is 0.365. The lowest BCUT2D eigenvalue weighted by molar-refractivity contribution is 0.167. The van der Waals surface area contributed by atoms with Crippen molar-refractivity contribution < 1.29 is 14.2 Å². The van der Waals surface area contributed by atoms with E-state index in [4.69, 9.17) is 14.2 Å². The molecule has 0 radical (unpaired) electrons. The van der Waals surface area contributed by atoms with Crippen LogP contribution in [0.3, 0.4) is 0 Å². The predicted molar refractivity (Wildman–Crippen MR) is 108 cm³/mol. The van der Waals surface area contributed by atoms with Crippen molar-refractivity contribution in [2.75, 3.05) is 33.2 Å². The summed E-state index contributed by atoms with van der Waals surface area (Å²) in [6, 6.07) is 12.0. The maximum Gasteiger partial charge on any atom is 0.199 e. The number of fused-ring (bicyclic) bond motifs is 1. The molecule has 1 aromatic carbocycles. The number of hydrogen-bond acceptors (Lipinski definition) is 6. The van der Waals surface area contributed by atoms with Crippen molar-refractivity contribution in [2.45, 2.75) is 11.3 Å². The third-order valence-electron chi connectivity index (χ3n) is 4.89. The molecule has 28 heavy (non-hydrogen) atoms. The van der Waals surface area contributed by atoms with E-state index in [0.29, 0.717) is 36.3 Å². The van der Waals surface area contributed by atoms with Crippen molar-refractivity contribution in [3.63, 3.8) is 0 Å². The van der Waals surface area contributed by atoms with Crippen molar-refractivity contribution in [2.24, 2.45) is 5.92 Å². The predicted octanol–water partition coefficient (Wildman–Crippen LogP) is 4.02. The number of benzene rings is 1. The Labute approximate surface area is 168 Å². The van der Waals surface area contributed by atoms with Crippen LogP contribution < -0.4 is 9.47 Å². The highest BCUT2D eigenvalue weighted by Gasteiger charge is 2.20. The number of rotatable bonds is 6. The molecule has 6 nitrogen and oxygen atoms in total. The normalized spacial score (nSPS) is 16.2. The fourth-order valence-electron chi connectivity index (χ4n) is 3.41. The molecule has 2 aromatic heterocycles. The molecule has 1 saturated heterocycles. The van der Waals surface area contributed by atoms with E-state index in [-0.39, 0.29) is 0 Å². The third-order valence-corrected chi connectivity index (χ3v) is 5.66. The molecule has 0 N–H and O–H groups in total. The van der Waals surface area contributed by atoms with Crippen LogP contribution in [0.1, 0.15) is 12.0 Å². The lowest BCUT2D eigenvalue weighted by Crippen LogP contribution is -2.12. The first-order valence-electron chi connectivity index (χ1n) is 9.08. The van der Waals surface area contributed by atoms with Crippen LogP contribution in [0.5, 0.6) is 11.6 Å². The molecule has 144 valence electrons. The summed E-state index contributed by atoms with van der Waals surface area (Å²) in [4.78, 5) is 5.37. The molecule has 4 rings (SSSR count). The van der Waals surface area contributed by atoms with E-state index >= 15 is 0 Å². The van der Waals surface area contributed by atoms with E-state index in [1.807, 2.05) is 47.2 Å². The number of pyridine rings is 1. The van der Waals surface area contributed by atoms with Gasteiger partial charge in [-0.25, -0.2) is 4.98 Å². The van der Waals surface area contributed by atoms with E-state index in [2.05, 4.69) is 11.1 Å². The molecule has 1 unspecified atom stereocenters. The Hall–Kier alpha value is -2.69. The summed E-state index contributed by atoms with van der Waals surface area (Å²) in [7, 11) is 1.64. The van der Waals surface area contributed by atoms with Gasteiger partial charge in [0.15, 0.2) is 5.88 Å². The summed E-state index contributed by atoms with van der Waals surface area (Å²) in [5.74, 6) is 1.66. The van der Waals surface area contributed by atoms with Gasteiger partial charge in [-0.2, -0.15) is 5.26 Å². The van der Waals surface area contributed by atoms with Crippen LogP contribution in [0.25, 0.3) is 16.9 Å². The summed E-state index contributed by atoms with van der Waals surface area (Å²) in [5.41, 5.74) is 3.19. The molecule has 3 heterocycles. The number of hydrogen-bond donors (Lipinski definition) is 0. The summed E-state index contributed by atoms with van der Waals surface area (Å²) < 4.78 is 19.0. The molecule has 0 saturated carbocycles. The fourth-order valence-corrected chi connectivity index (χ4v) is 4.01. The molecular weight excluding hydrogens is 374 g/mol. The first-order valence-corrected chi connectivity index (χ1v) is 10.3. The molecule has 1 atom stereocenters. The molecular formula is C21H21N3O3S. The summed E-state index contributed by atoms with van der Waals surface area (Å²) >= 11 is 1.53. The van der Waals surface area contributed by atoms with Crippen molar-refractivity contribution in [1.82, 2.24) is 9.38 Å². The highest BCUT2D eigenvalue weighted by atomic mass is 32.2. The largest absolute Gasteiger partial charge is 0.492 e. The maximum atomic E-state index is 9.69. The van der Waals surface area contributed by atoms with Gasteiger partial charge in [0.05, 0.1) is 32.2 Å². The van der Waals surface area contributed by atoms with Crippen LogP contribution in [0, 0.1) is 17.2 Å². The Kier molecular flexibility index (Phi) is 5.42. The number of thioether (sulfide) groups is 1. The maximum absolute atomic E-state index is 9.69. The molecule has 1 aliphatic heterocycles. The number of ether oxygens (including phenoxy) is 3. The quantitative estimate of drug-likeness (QED) is 0.587. The zero-order chi connectivity index (χ0) is 19.5. The Morgan fingerprint density at radius 2 is 2.29 bits per heavy atom. The average Bonchev–Trinajstić information content (AvgIpc) is 3.41. The number of imidazole rings is 1. The van der Waals surface area contributed by atoms with Gasteiger partial charge in [-0.15, -0.1) is 11.8 Å². The molecule has 0 aliphatic carbocycles. The van der Waals surface area contributed by atoms with Crippen LogP contribution in [-0.4, -0.2) is 42.6 Å². The van der Waals surface area contributed by atoms with Gasteiger partial charge < -0.3 is 14.2 Å². The second kappa shape index (κ2) is 8.13. The first kappa shape index (κ1) is 18.7. The second-order valence-electron chi connectivity index (χ2n) is 6.61. The van der Waals surface area contributed by atoms with Gasteiger partial charge >= 0.3 is 0 Å². The minimum Gasteiger partial charge on any atom is -0.492 e. The zero-order valence-electron chi connectivity index (χ0n) is 15.8. The van der Waals surface area contributed by atoms with Crippen LogP contribution >= 0.6 is 11.8 Å². The van der Waals surface area contributed by atoms with Gasteiger partial charge in [-0.3, -0.25) is 4.40 Å². The van der Waals surface area contributed by atoms with E-state index in [9.17, 15) is 5.26 Å². The highest BCUT2D eigenvalue weighted by molar-refractivity contribution is 7.98. The molecule has 0 bridgehead atoms. The average molecular weight is 395 g/mol. The topological polar surface area (TPSA) is 68.8 Å². The van der Waals surface area contributed by atoms with Gasteiger partial charge in [0.25, 0.3) is 0 Å². The zero-order valence-corrected chi connectivity index (χ0v) is 16.7. The molecule has 0 amide bonds. The van der Waals surface area contributed by atoms with Crippen LogP contribution in [0.2, 0.25) is 0 Å². The lowest BCUT2D eigenvalue weighted by atomic mass is 10.1. The molecule has 3 aromatic rings.